The van der Waals surface area contributed by atoms with Gasteiger partial charge in [0, 0.05) is 25.2 Å². The topological polar surface area (TPSA) is 15.3 Å². The van der Waals surface area contributed by atoms with Gasteiger partial charge in [-0.05, 0) is 30.0 Å². The first-order chi connectivity index (χ1) is 7.39. The number of halogens is 1. The molecule has 88 valence electrons. The van der Waals surface area contributed by atoms with Gasteiger partial charge in [0.05, 0.1) is 11.4 Å². The molecule has 1 aliphatic heterocycles. The zero-order valence-corrected chi connectivity index (χ0v) is 11.2. The molecule has 0 saturated heterocycles. The molecule has 3 heteroatoms. The Morgan fingerprint density at radius 3 is 2.75 bits per heavy atom. The maximum atomic E-state index is 6.10. The van der Waals surface area contributed by atoms with Crippen LogP contribution in [0, 0.1) is 12.3 Å². The fraction of sp³-hybridized carbons (Fsp3) is 0.538. The molecule has 16 heavy (non-hydrogen) atoms. The van der Waals surface area contributed by atoms with Crippen LogP contribution in [0.2, 0.25) is 5.02 Å². The number of hydrogen-bond acceptors (Lipinski definition) is 2. The molecule has 0 fully saturated rings. The van der Waals surface area contributed by atoms with Crippen molar-refractivity contribution in [1.82, 2.24) is 0 Å². The van der Waals surface area contributed by atoms with Crippen LogP contribution in [-0.4, -0.2) is 20.1 Å². The molecule has 0 radical (unpaired) electrons. The van der Waals surface area contributed by atoms with Gasteiger partial charge in [0.2, 0.25) is 0 Å². The summed E-state index contributed by atoms with van der Waals surface area (Å²) in [6.07, 6.45) is 0. The van der Waals surface area contributed by atoms with E-state index in [9.17, 15) is 0 Å². The third kappa shape index (κ3) is 2.12. The Hall–Kier alpha value is -0.890. The van der Waals surface area contributed by atoms with Gasteiger partial charge in [-0.2, -0.15) is 0 Å². The van der Waals surface area contributed by atoms with Gasteiger partial charge in [0.1, 0.15) is 0 Å². The predicted molar refractivity (Wildman–Crippen MR) is 71.7 cm³/mol. The number of benzene rings is 1. The van der Waals surface area contributed by atoms with Crippen LogP contribution in [0.4, 0.5) is 11.4 Å². The molecular formula is C13H19ClN2. The average Bonchev–Trinajstić information content (AvgIpc) is 2.22. The smallest absolute Gasteiger partial charge is 0.0630 e. The zero-order valence-electron chi connectivity index (χ0n) is 10.4. The fourth-order valence-corrected chi connectivity index (χ4v) is 2.76. The summed E-state index contributed by atoms with van der Waals surface area (Å²) in [6, 6.07) is 4.04. The van der Waals surface area contributed by atoms with E-state index in [0.29, 0.717) is 0 Å². The summed E-state index contributed by atoms with van der Waals surface area (Å²) in [7, 11) is 2.15. The van der Waals surface area contributed by atoms with E-state index in [1.807, 2.05) is 12.1 Å². The van der Waals surface area contributed by atoms with Gasteiger partial charge in [0.25, 0.3) is 0 Å². The summed E-state index contributed by atoms with van der Waals surface area (Å²) in [6.45, 7) is 8.69. The minimum absolute atomic E-state index is 0.271. The largest absolute Gasteiger partial charge is 0.383 e. The van der Waals surface area contributed by atoms with Crippen molar-refractivity contribution < 1.29 is 0 Å². The third-order valence-electron chi connectivity index (χ3n) is 3.07. The molecule has 0 saturated carbocycles. The molecule has 1 heterocycles. The summed E-state index contributed by atoms with van der Waals surface area (Å²) in [4.78, 5) is 2.32. The van der Waals surface area contributed by atoms with E-state index >= 15 is 0 Å². The highest BCUT2D eigenvalue weighted by Gasteiger charge is 2.26. The van der Waals surface area contributed by atoms with Crippen molar-refractivity contribution in [3.63, 3.8) is 0 Å². The summed E-state index contributed by atoms with van der Waals surface area (Å²) < 4.78 is 0. The SMILES string of the molecule is Cc1cc(Cl)cc2c1N(C)CC(C)(C)CN2. The Morgan fingerprint density at radius 2 is 2.06 bits per heavy atom. The van der Waals surface area contributed by atoms with Crippen LogP contribution >= 0.6 is 11.6 Å². The Labute approximate surface area is 103 Å². The molecule has 0 aliphatic carbocycles. The first-order valence-corrected chi connectivity index (χ1v) is 6.02. The van der Waals surface area contributed by atoms with Crippen molar-refractivity contribution in [2.75, 3.05) is 30.4 Å². The lowest BCUT2D eigenvalue weighted by atomic mass is 9.93. The molecule has 0 aromatic heterocycles. The standard InChI is InChI=1S/C13H19ClN2/c1-9-5-10(14)6-11-12(9)16(4)8-13(2,3)7-15-11/h5-6,15H,7-8H2,1-4H3. The summed E-state index contributed by atoms with van der Waals surface area (Å²) >= 11 is 6.10. The Bertz CT molecular complexity index is 413. The molecule has 0 amide bonds. The van der Waals surface area contributed by atoms with E-state index in [4.69, 9.17) is 11.6 Å². The van der Waals surface area contributed by atoms with Gasteiger partial charge in [-0.15, -0.1) is 0 Å². The Morgan fingerprint density at radius 1 is 1.38 bits per heavy atom. The maximum absolute atomic E-state index is 6.10. The lowest BCUT2D eigenvalue weighted by Crippen LogP contribution is -2.33. The second-order valence-electron chi connectivity index (χ2n) is 5.49. The summed E-state index contributed by atoms with van der Waals surface area (Å²) in [5, 5.41) is 4.30. The molecule has 1 N–H and O–H groups in total. The number of anilines is 2. The number of aryl methyl sites for hydroxylation is 1. The molecule has 0 spiro atoms. The van der Waals surface area contributed by atoms with Gasteiger partial charge in [-0.1, -0.05) is 25.4 Å². The third-order valence-corrected chi connectivity index (χ3v) is 3.29. The molecule has 2 nitrogen and oxygen atoms in total. The highest BCUT2D eigenvalue weighted by molar-refractivity contribution is 6.31. The molecule has 2 rings (SSSR count). The molecule has 1 aromatic rings. The number of rotatable bonds is 0. The van der Waals surface area contributed by atoms with Crippen molar-refractivity contribution in [1.29, 1.82) is 0 Å². The Kier molecular flexibility index (Phi) is 2.79. The van der Waals surface area contributed by atoms with E-state index in [1.165, 1.54) is 11.3 Å². The van der Waals surface area contributed by atoms with Crippen LogP contribution in [0.5, 0.6) is 0 Å². The number of nitrogens with one attached hydrogen (secondary N) is 1. The van der Waals surface area contributed by atoms with Crippen LogP contribution in [0.3, 0.4) is 0 Å². The molecule has 1 aromatic carbocycles. The van der Waals surface area contributed by atoms with E-state index < -0.39 is 0 Å². The predicted octanol–water partition coefficient (Wildman–Crippen LogP) is 3.54. The molecule has 0 atom stereocenters. The van der Waals surface area contributed by atoms with Gasteiger partial charge in [-0.25, -0.2) is 0 Å². The van der Waals surface area contributed by atoms with Crippen molar-refractivity contribution in [2.45, 2.75) is 20.8 Å². The Balaban J connectivity index is 2.49. The quantitative estimate of drug-likeness (QED) is 0.744. The molecule has 1 aliphatic rings. The van der Waals surface area contributed by atoms with Crippen molar-refractivity contribution in [3.05, 3.63) is 22.7 Å². The lowest BCUT2D eigenvalue weighted by Gasteiger charge is -2.28. The number of hydrogen-bond donors (Lipinski definition) is 1. The molecule has 0 unspecified atom stereocenters. The van der Waals surface area contributed by atoms with E-state index in [2.05, 4.69) is 38.0 Å². The minimum Gasteiger partial charge on any atom is -0.383 e. The van der Waals surface area contributed by atoms with Crippen LogP contribution < -0.4 is 10.2 Å². The van der Waals surface area contributed by atoms with Crippen LogP contribution in [-0.2, 0) is 0 Å². The highest BCUT2D eigenvalue weighted by Crippen LogP contribution is 2.37. The summed E-state index contributed by atoms with van der Waals surface area (Å²) in [5.41, 5.74) is 3.93. The number of nitrogens with zero attached hydrogens (tertiary/aromatic N) is 1. The van der Waals surface area contributed by atoms with Crippen LogP contribution in [0.25, 0.3) is 0 Å². The monoisotopic (exact) mass is 238 g/mol. The first-order valence-electron chi connectivity index (χ1n) is 5.64. The van der Waals surface area contributed by atoms with Crippen molar-refractivity contribution >= 4 is 23.0 Å². The van der Waals surface area contributed by atoms with Gasteiger partial charge < -0.3 is 10.2 Å². The van der Waals surface area contributed by atoms with Crippen molar-refractivity contribution in [3.8, 4) is 0 Å². The van der Waals surface area contributed by atoms with E-state index in [0.717, 1.165) is 23.8 Å². The first kappa shape index (κ1) is 11.6. The number of fused-ring (bicyclic) bond motifs is 1. The van der Waals surface area contributed by atoms with Gasteiger partial charge >= 0.3 is 0 Å². The van der Waals surface area contributed by atoms with Gasteiger partial charge in [0.15, 0.2) is 0 Å². The normalized spacial score (nSPS) is 18.7. The molecular weight excluding hydrogens is 220 g/mol. The zero-order chi connectivity index (χ0) is 11.9. The van der Waals surface area contributed by atoms with Crippen molar-refractivity contribution in [2.24, 2.45) is 5.41 Å². The van der Waals surface area contributed by atoms with E-state index in [1.54, 1.807) is 0 Å². The van der Waals surface area contributed by atoms with E-state index in [-0.39, 0.29) is 5.41 Å². The second kappa shape index (κ2) is 3.85. The highest BCUT2D eigenvalue weighted by atomic mass is 35.5. The average molecular weight is 239 g/mol. The summed E-state index contributed by atoms with van der Waals surface area (Å²) in [5.74, 6) is 0. The lowest BCUT2D eigenvalue weighted by molar-refractivity contribution is 0.402. The molecule has 0 bridgehead atoms. The minimum atomic E-state index is 0.271. The van der Waals surface area contributed by atoms with Crippen LogP contribution in [0.15, 0.2) is 12.1 Å². The van der Waals surface area contributed by atoms with Crippen LogP contribution in [0.1, 0.15) is 19.4 Å². The fourth-order valence-electron chi connectivity index (χ4n) is 2.49. The second-order valence-corrected chi connectivity index (χ2v) is 5.93. The van der Waals surface area contributed by atoms with Gasteiger partial charge in [-0.3, -0.25) is 0 Å². The maximum Gasteiger partial charge on any atom is 0.0630 e.